The van der Waals surface area contributed by atoms with Crippen molar-refractivity contribution < 1.29 is 19.7 Å². The lowest BCUT2D eigenvalue weighted by atomic mass is 10.0. The van der Waals surface area contributed by atoms with E-state index in [4.69, 9.17) is 9.47 Å². The van der Waals surface area contributed by atoms with E-state index in [9.17, 15) is 10.2 Å². The van der Waals surface area contributed by atoms with Gasteiger partial charge in [0.05, 0.1) is 19.3 Å². The Morgan fingerprint density at radius 2 is 1.36 bits per heavy atom. The van der Waals surface area contributed by atoms with Crippen LogP contribution >= 0.6 is 0 Å². The second-order valence-corrected chi connectivity index (χ2v) is 11.1. The number of nitrogens with one attached hydrogen (secondary N) is 1. The summed E-state index contributed by atoms with van der Waals surface area (Å²) in [7, 11) is 0. The van der Waals surface area contributed by atoms with E-state index in [1.54, 1.807) is 0 Å². The summed E-state index contributed by atoms with van der Waals surface area (Å²) in [5, 5.41) is 24.8. The maximum atomic E-state index is 11.3. The lowest BCUT2D eigenvalue weighted by Crippen LogP contribution is -2.30. The van der Waals surface area contributed by atoms with Gasteiger partial charge in [-0.25, -0.2) is 0 Å². The molecule has 0 aliphatic rings. The van der Waals surface area contributed by atoms with Gasteiger partial charge in [-0.05, 0) is 84.1 Å². The van der Waals surface area contributed by atoms with Crippen LogP contribution in [0.5, 0.6) is 11.5 Å². The second-order valence-electron chi connectivity index (χ2n) is 11.1. The zero-order valence-corrected chi connectivity index (χ0v) is 25.8. The summed E-state index contributed by atoms with van der Waals surface area (Å²) < 4.78 is 11.5. The molecule has 0 radical (unpaired) electrons. The summed E-state index contributed by atoms with van der Waals surface area (Å²) >= 11 is 0. The van der Waals surface area contributed by atoms with E-state index in [1.807, 2.05) is 97.9 Å². The third kappa shape index (κ3) is 9.68. The molecule has 5 aromatic carbocycles. The molecule has 5 rings (SSSR count). The monoisotopic (exact) mass is 602 g/mol. The number of anilines is 2. The fourth-order valence-electron chi connectivity index (χ4n) is 5.24. The standard InChI is InChI=1S/C39H42N2O4/c1-2-44-37-20-18-36(19-21-37)40-35-16-13-30(14-17-35)23-24-41(26-31-9-5-3-6-10-31)27-38(43)33-15-22-39(34(25-33)28-42)45-29-32-11-7-4-8-12-32/h3-22,25,38,40,42-43H,2,23-24,26-29H2,1H3/t38-/m0/s1. The van der Waals surface area contributed by atoms with Crippen molar-refractivity contribution in [3.8, 4) is 11.5 Å². The van der Waals surface area contributed by atoms with Gasteiger partial charge in [0, 0.05) is 36.6 Å². The summed E-state index contributed by atoms with van der Waals surface area (Å²) in [6.45, 7) is 4.84. The van der Waals surface area contributed by atoms with Crippen LogP contribution in [0.1, 0.15) is 40.8 Å². The Kier molecular flexibility index (Phi) is 11.6. The van der Waals surface area contributed by atoms with Gasteiger partial charge >= 0.3 is 0 Å². The van der Waals surface area contributed by atoms with E-state index in [0.29, 0.717) is 31.1 Å². The van der Waals surface area contributed by atoms with E-state index >= 15 is 0 Å². The largest absolute Gasteiger partial charge is 0.494 e. The van der Waals surface area contributed by atoms with E-state index in [2.05, 4.69) is 46.6 Å². The molecule has 1 atom stereocenters. The molecule has 6 heteroatoms. The number of aliphatic hydroxyl groups excluding tert-OH is 2. The minimum atomic E-state index is -0.720. The van der Waals surface area contributed by atoms with Crippen LogP contribution in [0.25, 0.3) is 0 Å². The molecule has 3 N–H and O–H groups in total. The fourth-order valence-corrected chi connectivity index (χ4v) is 5.24. The molecule has 0 unspecified atom stereocenters. The van der Waals surface area contributed by atoms with Crippen LogP contribution in [0, 0.1) is 0 Å². The quantitative estimate of drug-likeness (QED) is 0.108. The Bertz CT molecular complexity index is 1580. The summed E-state index contributed by atoms with van der Waals surface area (Å²) in [4.78, 5) is 2.28. The van der Waals surface area contributed by atoms with Gasteiger partial charge in [0.2, 0.25) is 0 Å². The summed E-state index contributed by atoms with van der Waals surface area (Å²) in [5.41, 5.74) is 6.93. The number of benzene rings is 5. The van der Waals surface area contributed by atoms with Crippen LogP contribution in [0.4, 0.5) is 11.4 Å². The number of ether oxygens (including phenoxy) is 2. The zero-order chi connectivity index (χ0) is 31.3. The molecule has 0 bridgehead atoms. The number of aliphatic hydroxyl groups is 2. The predicted molar refractivity (Wildman–Crippen MR) is 181 cm³/mol. The summed E-state index contributed by atoms with van der Waals surface area (Å²) in [6, 6.07) is 42.3. The molecule has 0 amide bonds. The van der Waals surface area contributed by atoms with Crippen molar-refractivity contribution in [2.75, 3.05) is 25.0 Å². The van der Waals surface area contributed by atoms with E-state index in [1.165, 1.54) is 11.1 Å². The molecule has 0 aromatic heterocycles. The highest BCUT2D eigenvalue weighted by Gasteiger charge is 2.17. The highest BCUT2D eigenvalue weighted by molar-refractivity contribution is 5.60. The first-order chi connectivity index (χ1) is 22.1. The zero-order valence-electron chi connectivity index (χ0n) is 25.8. The normalized spacial score (nSPS) is 11.7. The second kappa shape index (κ2) is 16.5. The molecule has 0 spiro atoms. The molecule has 5 aromatic rings. The average molecular weight is 603 g/mol. The van der Waals surface area contributed by atoms with Crippen LogP contribution in [-0.4, -0.2) is 34.8 Å². The molecule has 0 saturated heterocycles. The van der Waals surface area contributed by atoms with Gasteiger partial charge in [-0.2, -0.15) is 0 Å². The number of hydrogen-bond donors (Lipinski definition) is 3. The molecule has 0 fully saturated rings. The molecule has 45 heavy (non-hydrogen) atoms. The van der Waals surface area contributed by atoms with Crippen molar-refractivity contribution in [2.24, 2.45) is 0 Å². The first-order valence-electron chi connectivity index (χ1n) is 15.5. The Balaban J connectivity index is 1.21. The molecule has 0 heterocycles. The SMILES string of the molecule is CCOc1ccc(Nc2ccc(CCN(Cc3ccccc3)C[C@H](O)c3ccc(OCc4ccccc4)c(CO)c3)cc2)cc1. The number of nitrogens with zero attached hydrogens (tertiary/aromatic N) is 1. The highest BCUT2D eigenvalue weighted by atomic mass is 16.5. The van der Waals surface area contributed by atoms with Crippen LogP contribution in [-0.2, 0) is 26.2 Å². The predicted octanol–water partition coefficient (Wildman–Crippen LogP) is 7.68. The number of hydrogen-bond acceptors (Lipinski definition) is 6. The summed E-state index contributed by atoms with van der Waals surface area (Å²) in [5.74, 6) is 1.49. The average Bonchev–Trinajstić information content (AvgIpc) is 3.08. The van der Waals surface area contributed by atoms with Crippen LogP contribution in [0.3, 0.4) is 0 Å². The van der Waals surface area contributed by atoms with Crippen molar-refractivity contribution in [1.82, 2.24) is 4.90 Å². The Hall–Kier alpha value is -4.62. The molecular formula is C39H42N2O4. The highest BCUT2D eigenvalue weighted by Crippen LogP contribution is 2.26. The van der Waals surface area contributed by atoms with Gasteiger partial charge in [0.15, 0.2) is 0 Å². The Labute approximate surface area is 266 Å². The Morgan fingerprint density at radius 3 is 2.00 bits per heavy atom. The van der Waals surface area contributed by atoms with E-state index in [0.717, 1.165) is 47.8 Å². The molecule has 6 nitrogen and oxygen atoms in total. The van der Waals surface area contributed by atoms with E-state index < -0.39 is 6.10 Å². The molecule has 232 valence electrons. The van der Waals surface area contributed by atoms with Crippen LogP contribution in [0.15, 0.2) is 127 Å². The van der Waals surface area contributed by atoms with Gasteiger partial charge in [-0.1, -0.05) is 78.9 Å². The number of rotatable bonds is 16. The molecule has 0 aliphatic heterocycles. The van der Waals surface area contributed by atoms with Crippen molar-refractivity contribution in [3.05, 3.63) is 155 Å². The maximum absolute atomic E-state index is 11.3. The topological polar surface area (TPSA) is 74.2 Å². The Morgan fingerprint density at radius 1 is 0.711 bits per heavy atom. The van der Waals surface area contributed by atoms with Crippen molar-refractivity contribution in [3.63, 3.8) is 0 Å². The van der Waals surface area contributed by atoms with Gasteiger partial charge in [-0.15, -0.1) is 0 Å². The molecular weight excluding hydrogens is 560 g/mol. The summed E-state index contributed by atoms with van der Waals surface area (Å²) in [6.07, 6.45) is 0.125. The smallest absolute Gasteiger partial charge is 0.125 e. The van der Waals surface area contributed by atoms with E-state index in [-0.39, 0.29) is 6.61 Å². The molecule has 0 aliphatic carbocycles. The third-order valence-electron chi connectivity index (χ3n) is 7.68. The minimum absolute atomic E-state index is 0.165. The van der Waals surface area contributed by atoms with Crippen LogP contribution < -0.4 is 14.8 Å². The van der Waals surface area contributed by atoms with Crippen molar-refractivity contribution in [1.29, 1.82) is 0 Å². The maximum Gasteiger partial charge on any atom is 0.125 e. The van der Waals surface area contributed by atoms with Gasteiger partial charge in [0.1, 0.15) is 18.1 Å². The van der Waals surface area contributed by atoms with Crippen molar-refractivity contribution in [2.45, 2.75) is 39.2 Å². The first kappa shape index (κ1) is 31.8. The molecule has 0 saturated carbocycles. The van der Waals surface area contributed by atoms with Crippen molar-refractivity contribution >= 4 is 11.4 Å². The lowest BCUT2D eigenvalue weighted by Gasteiger charge is -2.26. The third-order valence-corrected chi connectivity index (χ3v) is 7.68. The van der Waals surface area contributed by atoms with Gasteiger partial charge in [-0.3, -0.25) is 4.90 Å². The first-order valence-corrected chi connectivity index (χ1v) is 15.5. The van der Waals surface area contributed by atoms with Crippen LogP contribution in [0.2, 0.25) is 0 Å². The van der Waals surface area contributed by atoms with Gasteiger partial charge < -0.3 is 25.0 Å². The minimum Gasteiger partial charge on any atom is -0.494 e. The van der Waals surface area contributed by atoms with Gasteiger partial charge in [0.25, 0.3) is 0 Å². The lowest BCUT2D eigenvalue weighted by molar-refractivity contribution is 0.109. The fraction of sp³-hybridized carbons (Fsp3) is 0.231.